The minimum absolute atomic E-state index is 0.290. The van der Waals surface area contributed by atoms with E-state index in [2.05, 4.69) is 18.4 Å². The van der Waals surface area contributed by atoms with Gasteiger partial charge in [0.25, 0.3) is 0 Å². The molecule has 1 atom stereocenters. The summed E-state index contributed by atoms with van der Waals surface area (Å²) >= 11 is 0. The standard InChI is InChI=1S/C12H11FO/c1-2-3-12(14)9-6-10-4-7-11(13)8-5-10/h2,4-5,7-8,12,14H,1,3H2/t12-/m0/s1. The van der Waals surface area contributed by atoms with Gasteiger partial charge in [0, 0.05) is 12.0 Å². The van der Waals surface area contributed by atoms with Crippen LogP contribution in [0.3, 0.4) is 0 Å². The number of benzene rings is 1. The lowest BCUT2D eigenvalue weighted by atomic mass is 10.2. The Balaban J connectivity index is 2.67. The van der Waals surface area contributed by atoms with E-state index in [9.17, 15) is 9.50 Å². The van der Waals surface area contributed by atoms with Gasteiger partial charge in [0.1, 0.15) is 11.9 Å². The van der Waals surface area contributed by atoms with Crippen molar-refractivity contribution >= 4 is 0 Å². The highest BCUT2D eigenvalue weighted by atomic mass is 19.1. The summed E-state index contributed by atoms with van der Waals surface area (Å²) in [5, 5.41) is 9.25. The molecule has 14 heavy (non-hydrogen) atoms. The molecule has 0 saturated heterocycles. The molecule has 0 aromatic heterocycles. The van der Waals surface area contributed by atoms with Crippen molar-refractivity contribution in [1.29, 1.82) is 0 Å². The third-order valence-electron chi connectivity index (χ3n) is 1.62. The van der Waals surface area contributed by atoms with E-state index in [-0.39, 0.29) is 5.82 Å². The van der Waals surface area contributed by atoms with Gasteiger partial charge in [-0.15, -0.1) is 6.58 Å². The Hall–Kier alpha value is -1.59. The Morgan fingerprint density at radius 3 is 2.64 bits per heavy atom. The topological polar surface area (TPSA) is 20.2 Å². The van der Waals surface area contributed by atoms with Crippen LogP contribution in [0.5, 0.6) is 0 Å². The van der Waals surface area contributed by atoms with Crippen molar-refractivity contribution < 1.29 is 9.50 Å². The fourth-order valence-electron chi connectivity index (χ4n) is 0.917. The second-order valence-corrected chi connectivity index (χ2v) is 2.82. The molecule has 1 aromatic rings. The minimum Gasteiger partial charge on any atom is -0.380 e. The van der Waals surface area contributed by atoms with Crippen LogP contribution >= 0.6 is 0 Å². The fraction of sp³-hybridized carbons (Fsp3) is 0.167. The number of rotatable bonds is 2. The van der Waals surface area contributed by atoms with Crippen molar-refractivity contribution in [3.8, 4) is 11.8 Å². The smallest absolute Gasteiger partial charge is 0.123 e. The average Bonchev–Trinajstić information content (AvgIpc) is 2.17. The third-order valence-corrected chi connectivity index (χ3v) is 1.62. The van der Waals surface area contributed by atoms with Gasteiger partial charge < -0.3 is 5.11 Å². The monoisotopic (exact) mass is 190 g/mol. The SMILES string of the molecule is C=CC[C@H](O)C#Cc1ccc(F)cc1. The molecule has 2 heteroatoms. The van der Waals surface area contributed by atoms with Crippen molar-refractivity contribution in [2.45, 2.75) is 12.5 Å². The van der Waals surface area contributed by atoms with Gasteiger partial charge >= 0.3 is 0 Å². The van der Waals surface area contributed by atoms with Crippen LogP contribution in [0.2, 0.25) is 0 Å². The van der Waals surface area contributed by atoms with Gasteiger partial charge in [-0.2, -0.15) is 0 Å². The highest BCUT2D eigenvalue weighted by Gasteiger charge is 1.93. The van der Waals surface area contributed by atoms with Crippen LogP contribution in [-0.2, 0) is 0 Å². The first-order valence-corrected chi connectivity index (χ1v) is 4.28. The second-order valence-electron chi connectivity index (χ2n) is 2.82. The first-order chi connectivity index (χ1) is 6.72. The molecule has 1 rings (SSSR count). The van der Waals surface area contributed by atoms with Crippen LogP contribution in [-0.4, -0.2) is 11.2 Å². The Kier molecular flexibility index (Phi) is 3.90. The first kappa shape index (κ1) is 10.5. The zero-order chi connectivity index (χ0) is 10.4. The molecule has 0 fully saturated rings. The molecule has 1 nitrogen and oxygen atoms in total. The second kappa shape index (κ2) is 5.21. The lowest BCUT2D eigenvalue weighted by Gasteiger charge is -1.95. The maximum absolute atomic E-state index is 12.5. The molecule has 0 aliphatic carbocycles. The number of aliphatic hydroxyl groups excluding tert-OH is 1. The molecule has 0 heterocycles. The van der Waals surface area contributed by atoms with Crippen LogP contribution in [0, 0.1) is 17.7 Å². The number of halogens is 1. The molecule has 0 saturated carbocycles. The van der Waals surface area contributed by atoms with Gasteiger partial charge in [-0.3, -0.25) is 0 Å². The number of aliphatic hydroxyl groups is 1. The molecule has 0 bridgehead atoms. The van der Waals surface area contributed by atoms with Gasteiger partial charge in [-0.1, -0.05) is 17.9 Å². The molecule has 72 valence electrons. The normalized spacial score (nSPS) is 11.3. The van der Waals surface area contributed by atoms with Crippen molar-refractivity contribution in [3.63, 3.8) is 0 Å². The Labute approximate surface area is 82.9 Å². The lowest BCUT2D eigenvalue weighted by molar-refractivity contribution is 0.236. The molecule has 1 N–H and O–H groups in total. The highest BCUT2D eigenvalue weighted by Crippen LogP contribution is 2.01. The fourth-order valence-corrected chi connectivity index (χ4v) is 0.917. The maximum Gasteiger partial charge on any atom is 0.123 e. The molecule has 0 aliphatic heterocycles. The molecule has 0 amide bonds. The lowest BCUT2D eigenvalue weighted by Crippen LogP contribution is -1.99. The minimum atomic E-state index is -0.697. The third kappa shape index (κ3) is 3.42. The van der Waals surface area contributed by atoms with Crippen LogP contribution in [0.25, 0.3) is 0 Å². The molecule has 0 aliphatic rings. The Morgan fingerprint density at radius 1 is 1.43 bits per heavy atom. The average molecular weight is 190 g/mol. The van der Waals surface area contributed by atoms with Crippen LogP contribution in [0.1, 0.15) is 12.0 Å². The van der Waals surface area contributed by atoms with E-state index in [0.29, 0.717) is 12.0 Å². The summed E-state index contributed by atoms with van der Waals surface area (Å²) in [4.78, 5) is 0. The summed E-state index contributed by atoms with van der Waals surface area (Å²) in [7, 11) is 0. The van der Waals surface area contributed by atoms with E-state index in [4.69, 9.17) is 0 Å². The van der Waals surface area contributed by atoms with Gasteiger partial charge in [-0.05, 0) is 24.3 Å². The molecular weight excluding hydrogens is 179 g/mol. The van der Waals surface area contributed by atoms with Gasteiger partial charge in [0.05, 0.1) is 0 Å². The van der Waals surface area contributed by atoms with Gasteiger partial charge in [0.2, 0.25) is 0 Å². The van der Waals surface area contributed by atoms with E-state index in [1.165, 1.54) is 12.1 Å². The van der Waals surface area contributed by atoms with Crippen molar-refractivity contribution in [2.75, 3.05) is 0 Å². The predicted octanol–water partition coefficient (Wildman–Crippen LogP) is 2.11. The van der Waals surface area contributed by atoms with E-state index in [1.54, 1.807) is 18.2 Å². The highest BCUT2D eigenvalue weighted by molar-refractivity contribution is 5.34. The van der Waals surface area contributed by atoms with Gasteiger partial charge in [0.15, 0.2) is 0 Å². The summed E-state index contributed by atoms with van der Waals surface area (Å²) in [5.74, 6) is 5.08. The Morgan fingerprint density at radius 2 is 2.07 bits per heavy atom. The summed E-state index contributed by atoms with van der Waals surface area (Å²) in [5.41, 5.74) is 0.689. The predicted molar refractivity (Wildman–Crippen MR) is 54.1 cm³/mol. The quantitative estimate of drug-likeness (QED) is 0.559. The number of hydrogen-bond donors (Lipinski definition) is 1. The van der Waals surface area contributed by atoms with E-state index < -0.39 is 6.10 Å². The molecule has 0 spiro atoms. The van der Waals surface area contributed by atoms with E-state index >= 15 is 0 Å². The van der Waals surface area contributed by atoms with Crippen molar-refractivity contribution in [3.05, 3.63) is 48.3 Å². The van der Waals surface area contributed by atoms with Crippen LogP contribution in [0.15, 0.2) is 36.9 Å². The van der Waals surface area contributed by atoms with E-state index in [1.807, 2.05) is 0 Å². The van der Waals surface area contributed by atoms with Crippen molar-refractivity contribution in [1.82, 2.24) is 0 Å². The number of hydrogen-bond acceptors (Lipinski definition) is 1. The summed E-state index contributed by atoms with van der Waals surface area (Å²) in [6.45, 7) is 3.49. The summed E-state index contributed by atoms with van der Waals surface area (Å²) < 4.78 is 12.5. The molecular formula is C12H11FO. The van der Waals surface area contributed by atoms with Crippen LogP contribution < -0.4 is 0 Å². The van der Waals surface area contributed by atoms with Crippen molar-refractivity contribution in [2.24, 2.45) is 0 Å². The molecule has 0 unspecified atom stereocenters. The zero-order valence-corrected chi connectivity index (χ0v) is 7.70. The molecule has 1 aromatic carbocycles. The molecule has 0 radical (unpaired) electrons. The summed E-state index contributed by atoms with van der Waals surface area (Å²) in [6, 6.07) is 5.82. The largest absolute Gasteiger partial charge is 0.380 e. The zero-order valence-electron chi connectivity index (χ0n) is 7.70. The Bertz CT molecular complexity index is 356. The summed E-state index contributed by atoms with van der Waals surface area (Å²) in [6.07, 6.45) is 1.34. The van der Waals surface area contributed by atoms with Crippen LogP contribution in [0.4, 0.5) is 4.39 Å². The van der Waals surface area contributed by atoms with Gasteiger partial charge in [-0.25, -0.2) is 4.39 Å². The first-order valence-electron chi connectivity index (χ1n) is 4.28. The maximum atomic E-state index is 12.5. The van der Waals surface area contributed by atoms with E-state index in [0.717, 1.165) is 0 Å².